The largest absolute Gasteiger partial charge is 0.467 e. The minimum atomic E-state index is -0.827. The Hall–Kier alpha value is -0.870. The van der Waals surface area contributed by atoms with Gasteiger partial charge >= 0.3 is 5.97 Å². The summed E-state index contributed by atoms with van der Waals surface area (Å²) < 4.78 is 5.83. The molecule has 4 heteroatoms. The number of nitrogens with one attached hydrogen (secondary N) is 1. The Balaban J connectivity index is 3.18. The zero-order chi connectivity index (χ0) is 13.1. The van der Waals surface area contributed by atoms with Crippen LogP contribution in [0.5, 0.6) is 0 Å². The predicted octanol–water partition coefficient (Wildman–Crippen LogP) is 2.84. The van der Waals surface area contributed by atoms with E-state index in [9.17, 15) is 4.79 Å². The van der Waals surface area contributed by atoms with E-state index in [1.54, 1.807) is 0 Å². The number of ether oxygens (including phenoxy) is 1. The van der Waals surface area contributed by atoms with Crippen LogP contribution in [0, 0.1) is 0 Å². The van der Waals surface area contributed by atoms with Gasteiger partial charge in [-0.05, 0) is 38.5 Å². The molecule has 3 nitrogen and oxygen atoms in total. The van der Waals surface area contributed by atoms with E-state index >= 15 is 0 Å². The molecule has 1 unspecified atom stereocenters. The highest BCUT2D eigenvalue weighted by Crippen LogP contribution is 2.25. The normalized spacial score (nSPS) is 14.5. The predicted molar refractivity (Wildman–Crippen MR) is 71.8 cm³/mol. The number of hydrogen-bond acceptors (Lipinski definition) is 3. The molecule has 0 aliphatic carbocycles. The summed E-state index contributed by atoms with van der Waals surface area (Å²) >= 11 is 3.41. The molecule has 0 amide bonds. The molecule has 1 aromatic rings. The number of halogens is 1. The van der Waals surface area contributed by atoms with Crippen LogP contribution in [0.2, 0.25) is 0 Å². The monoisotopic (exact) mass is 299 g/mol. The first-order chi connectivity index (χ1) is 7.90. The van der Waals surface area contributed by atoms with E-state index in [2.05, 4.69) is 21.2 Å². The topological polar surface area (TPSA) is 38.3 Å². The summed E-state index contributed by atoms with van der Waals surface area (Å²) in [4.78, 5) is 12.0. The quantitative estimate of drug-likeness (QED) is 0.869. The number of esters is 1. The van der Waals surface area contributed by atoms with Gasteiger partial charge in [0.25, 0.3) is 0 Å². The average molecular weight is 300 g/mol. The van der Waals surface area contributed by atoms with Crippen molar-refractivity contribution in [2.24, 2.45) is 0 Å². The van der Waals surface area contributed by atoms with E-state index in [1.807, 2.05) is 45.0 Å². The fraction of sp³-hybridized carbons (Fsp3) is 0.462. The number of benzene rings is 1. The van der Waals surface area contributed by atoms with Crippen molar-refractivity contribution in [1.29, 1.82) is 0 Å². The van der Waals surface area contributed by atoms with E-state index < -0.39 is 5.54 Å². The number of carbonyl (C=O) groups is 1. The highest BCUT2D eigenvalue weighted by atomic mass is 79.9. The Morgan fingerprint density at radius 3 is 2.59 bits per heavy atom. The summed E-state index contributed by atoms with van der Waals surface area (Å²) in [6, 6.07) is 7.85. The molecule has 0 saturated carbocycles. The number of methoxy groups -OCH3 is 1. The fourth-order valence-corrected chi connectivity index (χ4v) is 2.24. The van der Waals surface area contributed by atoms with Crippen molar-refractivity contribution in [2.75, 3.05) is 7.11 Å². The van der Waals surface area contributed by atoms with Crippen molar-refractivity contribution < 1.29 is 9.53 Å². The lowest BCUT2D eigenvalue weighted by Gasteiger charge is -2.30. The maximum Gasteiger partial charge on any atom is 0.330 e. The smallest absolute Gasteiger partial charge is 0.330 e. The first-order valence-electron chi connectivity index (χ1n) is 5.52. The third-order valence-electron chi connectivity index (χ3n) is 2.57. The van der Waals surface area contributed by atoms with Crippen molar-refractivity contribution in [2.45, 2.75) is 32.4 Å². The number of hydrogen-bond donors (Lipinski definition) is 1. The molecule has 1 N–H and O–H groups in total. The van der Waals surface area contributed by atoms with Gasteiger partial charge in [-0.3, -0.25) is 5.32 Å². The van der Waals surface area contributed by atoms with Crippen molar-refractivity contribution in [3.8, 4) is 0 Å². The first-order valence-corrected chi connectivity index (χ1v) is 6.31. The summed E-state index contributed by atoms with van der Waals surface area (Å²) in [6.07, 6.45) is 0. The number of rotatable bonds is 4. The van der Waals surface area contributed by atoms with Crippen LogP contribution in [0.1, 0.15) is 26.3 Å². The van der Waals surface area contributed by atoms with E-state index in [0.717, 1.165) is 10.0 Å². The lowest BCUT2D eigenvalue weighted by molar-refractivity contribution is -0.148. The highest BCUT2D eigenvalue weighted by Gasteiger charge is 2.36. The van der Waals surface area contributed by atoms with Crippen LogP contribution in [0.15, 0.2) is 28.7 Å². The van der Waals surface area contributed by atoms with Gasteiger partial charge in [-0.1, -0.05) is 28.1 Å². The maximum atomic E-state index is 12.0. The minimum Gasteiger partial charge on any atom is -0.467 e. The zero-order valence-electron chi connectivity index (χ0n) is 10.6. The van der Waals surface area contributed by atoms with Crippen molar-refractivity contribution in [3.05, 3.63) is 34.3 Å². The maximum absolute atomic E-state index is 12.0. The first kappa shape index (κ1) is 14.2. The molecule has 0 spiro atoms. The van der Waals surface area contributed by atoms with Crippen LogP contribution in [-0.2, 0) is 15.1 Å². The summed E-state index contributed by atoms with van der Waals surface area (Å²) in [5.74, 6) is -0.288. The van der Waals surface area contributed by atoms with Gasteiger partial charge in [-0.25, -0.2) is 4.79 Å². The lowest BCUT2D eigenvalue weighted by atomic mass is 9.91. The van der Waals surface area contributed by atoms with Gasteiger partial charge < -0.3 is 4.74 Å². The van der Waals surface area contributed by atoms with Gasteiger partial charge in [-0.2, -0.15) is 0 Å². The van der Waals surface area contributed by atoms with Gasteiger partial charge in [0.15, 0.2) is 0 Å². The molecule has 0 heterocycles. The second-order valence-corrected chi connectivity index (χ2v) is 5.34. The molecular weight excluding hydrogens is 282 g/mol. The Bertz CT molecular complexity index is 406. The highest BCUT2D eigenvalue weighted by molar-refractivity contribution is 9.10. The second kappa shape index (κ2) is 5.65. The minimum absolute atomic E-state index is 0.179. The summed E-state index contributed by atoms with van der Waals surface area (Å²) in [7, 11) is 1.40. The molecule has 1 aromatic carbocycles. The van der Waals surface area contributed by atoms with Gasteiger partial charge in [0, 0.05) is 10.5 Å². The molecular formula is C13H18BrNO2. The molecule has 0 aliphatic heterocycles. The Labute approximate surface area is 111 Å². The van der Waals surface area contributed by atoms with Gasteiger partial charge in [0.05, 0.1) is 7.11 Å². The fourth-order valence-electron chi connectivity index (χ4n) is 1.84. The number of carbonyl (C=O) groups excluding carboxylic acids is 1. The Kier molecular flexibility index (Phi) is 4.71. The van der Waals surface area contributed by atoms with E-state index in [1.165, 1.54) is 7.11 Å². The molecule has 1 rings (SSSR count). The standard InChI is InChI=1S/C13H18BrNO2/c1-9(2)15-13(3,12(16)17-4)10-6-5-7-11(14)8-10/h5-9,15H,1-4H3. The molecule has 0 fully saturated rings. The van der Waals surface area contributed by atoms with E-state index in [-0.39, 0.29) is 12.0 Å². The van der Waals surface area contributed by atoms with Crippen LogP contribution in [0.25, 0.3) is 0 Å². The van der Waals surface area contributed by atoms with E-state index in [4.69, 9.17) is 4.74 Å². The molecule has 0 aliphatic rings. The molecule has 1 atom stereocenters. The SMILES string of the molecule is COC(=O)C(C)(NC(C)C)c1cccc(Br)c1. The summed E-state index contributed by atoms with van der Waals surface area (Å²) in [6.45, 7) is 5.83. The van der Waals surface area contributed by atoms with Crippen LogP contribution in [0.3, 0.4) is 0 Å². The third-order valence-corrected chi connectivity index (χ3v) is 3.07. The van der Waals surface area contributed by atoms with Crippen LogP contribution < -0.4 is 5.32 Å². The van der Waals surface area contributed by atoms with Crippen molar-refractivity contribution in [3.63, 3.8) is 0 Å². The summed E-state index contributed by atoms with van der Waals surface area (Å²) in [5.41, 5.74) is 0.0552. The third kappa shape index (κ3) is 3.30. The molecule has 0 aromatic heterocycles. The average Bonchev–Trinajstić information content (AvgIpc) is 2.26. The Morgan fingerprint density at radius 1 is 1.47 bits per heavy atom. The second-order valence-electron chi connectivity index (χ2n) is 4.43. The van der Waals surface area contributed by atoms with Crippen molar-refractivity contribution >= 4 is 21.9 Å². The van der Waals surface area contributed by atoms with Gasteiger partial charge in [-0.15, -0.1) is 0 Å². The van der Waals surface area contributed by atoms with Crippen LogP contribution in [0.4, 0.5) is 0 Å². The van der Waals surface area contributed by atoms with Crippen LogP contribution >= 0.6 is 15.9 Å². The molecule has 0 radical (unpaired) electrons. The summed E-state index contributed by atoms with van der Waals surface area (Å²) in [5, 5.41) is 3.26. The van der Waals surface area contributed by atoms with E-state index in [0.29, 0.717) is 0 Å². The van der Waals surface area contributed by atoms with Gasteiger partial charge in [0.2, 0.25) is 0 Å². The van der Waals surface area contributed by atoms with Gasteiger partial charge in [0.1, 0.15) is 5.54 Å². The molecule has 0 bridgehead atoms. The lowest BCUT2D eigenvalue weighted by Crippen LogP contribution is -2.50. The van der Waals surface area contributed by atoms with Crippen LogP contribution in [-0.4, -0.2) is 19.1 Å². The Morgan fingerprint density at radius 2 is 2.12 bits per heavy atom. The molecule has 0 saturated heterocycles. The van der Waals surface area contributed by atoms with Crippen molar-refractivity contribution in [1.82, 2.24) is 5.32 Å². The molecule has 94 valence electrons. The molecule has 17 heavy (non-hydrogen) atoms. The zero-order valence-corrected chi connectivity index (χ0v) is 12.2.